The summed E-state index contributed by atoms with van der Waals surface area (Å²) in [4.78, 5) is 25.0. The minimum atomic E-state index is -1.55. The smallest absolute Gasteiger partial charge is 0.411 e. The van der Waals surface area contributed by atoms with Gasteiger partial charge in [-0.15, -0.1) is 0 Å². The molecule has 1 amide bonds. The van der Waals surface area contributed by atoms with Crippen LogP contribution in [0.4, 0.5) is 4.79 Å². The standard InChI is InChI=1S/C15H20ClNO4/c1-14(2,3)21-13(20)17(5)15(4,12(18)19)10-6-8-11(16)9-7-10/h6-9H,1-5H3,(H,18,19). The Bertz CT molecular complexity index is 536. The highest BCUT2D eigenvalue weighted by atomic mass is 35.5. The summed E-state index contributed by atoms with van der Waals surface area (Å²) in [6.45, 7) is 6.61. The van der Waals surface area contributed by atoms with Crippen molar-refractivity contribution in [2.75, 3.05) is 7.05 Å². The van der Waals surface area contributed by atoms with Gasteiger partial charge in [-0.1, -0.05) is 23.7 Å². The molecule has 21 heavy (non-hydrogen) atoms. The van der Waals surface area contributed by atoms with Gasteiger partial charge in [-0.25, -0.2) is 9.59 Å². The number of aliphatic carboxylic acids is 1. The van der Waals surface area contributed by atoms with Gasteiger partial charge < -0.3 is 9.84 Å². The largest absolute Gasteiger partial charge is 0.479 e. The monoisotopic (exact) mass is 313 g/mol. The number of nitrogens with zero attached hydrogens (tertiary/aromatic N) is 1. The lowest BCUT2D eigenvalue weighted by Crippen LogP contribution is -2.51. The van der Waals surface area contributed by atoms with Crippen molar-refractivity contribution in [2.45, 2.75) is 38.8 Å². The molecule has 0 bridgehead atoms. The molecule has 0 radical (unpaired) electrons. The van der Waals surface area contributed by atoms with E-state index in [0.717, 1.165) is 4.90 Å². The van der Waals surface area contributed by atoms with Crippen LogP contribution in [0.1, 0.15) is 33.3 Å². The summed E-state index contributed by atoms with van der Waals surface area (Å²) in [5.41, 5.74) is -1.81. The van der Waals surface area contributed by atoms with Crippen molar-refractivity contribution < 1.29 is 19.4 Å². The lowest BCUT2D eigenvalue weighted by atomic mass is 9.91. The maximum atomic E-state index is 12.2. The van der Waals surface area contributed by atoms with Crippen LogP contribution in [0.15, 0.2) is 24.3 Å². The van der Waals surface area contributed by atoms with Gasteiger partial charge in [-0.2, -0.15) is 0 Å². The quantitative estimate of drug-likeness (QED) is 0.927. The highest BCUT2D eigenvalue weighted by Gasteiger charge is 2.43. The van der Waals surface area contributed by atoms with E-state index in [2.05, 4.69) is 0 Å². The highest BCUT2D eigenvalue weighted by molar-refractivity contribution is 6.30. The van der Waals surface area contributed by atoms with E-state index in [1.807, 2.05) is 0 Å². The molecule has 5 nitrogen and oxygen atoms in total. The number of hydrogen-bond acceptors (Lipinski definition) is 3. The number of hydrogen-bond donors (Lipinski definition) is 1. The Labute approximate surface area is 129 Å². The average molecular weight is 314 g/mol. The molecule has 1 rings (SSSR count). The Balaban J connectivity index is 3.19. The number of halogens is 1. The molecule has 0 fully saturated rings. The van der Waals surface area contributed by atoms with Crippen LogP contribution in [0.5, 0.6) is 0 Å². The molecule has 1 unspecified atom stereocenters. The van der Waals surface area contributed by atoms with Gasteiger partial charge in [0.2, 0.25) is 0 Å². The molecule has 0 saturated heterocycles. The molecule has 0 spiro atoms. The molecule has 0 aliphatic heterocycles. The van der Waals surface area contributed by atoms with Gasteiger partial charge >= 0.3 is 12.1 Å². The summed E-state index contributed by atoms with van der Waals surface area (Å²) in [7, 11) is 1.40. The SMILES string of the molecule is CN(C(=O)OC(C)(C)C)C(C)(C(=O)O)c1ccc(Cl)cc1. The zero-order chi connectivity index (χ0) is 16.4. The number of likely N-dealkylation sites (N-methyl/N-ethyl adjacent to an activating group) is 1. The first-order chi connectivity index (χ1) is 9.48. The second-order valence-corrected chi connectivity index (χ2v) is 6.36. The summed E-state index contributed by atoms with van der Waals surface area (Å²) in [5, 5.41) is 10.1. The van der Waals surface area contributed by atoms with Crippen molar-refractivity contribution in [1.29, 1.82) is 0 Å². The molecule has 0 aliphatic rings. The van der Waals surface area contributed by atoms with Gasteiger partial charge in [0, 0.05) is 12.1 Å². The van der Waals surface area contributed by atoms with Crippen molar-refractivity contribution in [2.24, 2.45) is 0 Å². The van der Waals surface area contributed by atoms with Crippen LogP contribution in [0.25, 0.3) is 0 Å². The Morgan fingerprint density at radius 3 is 2.00 bits per heavy atom. The van der Waals surface area contributed by atoms with Crippen molar-refractivity contribution in [3.05, 3.63) is 34.9 Å². The molecule has 116 valence electrons. The maximum absolute atomic E-state index is 12.2. The summed E-state index contributed by atoms with van der Waals surface area (Å²) >= 11 is 5.82. The maximum Gasteiger partial charge on any atom is 0.411 e. The van der Waals surface area contributed by atoms with Gasteiger partial charge in [0.15, 0.2) is 5.54 Å². The number of carboxylic acid groups (broad SMARTS) is 1. The van der Waals surface area contributed by atoms with Gasteiger partial charge in [-0.05, 0) is 45.4 Å². The first-order valence-electron chi connectivity index (χ1n) is 6.44. The van der Waals surface area contributed by atoms with Gasteiger partial charge in [0.05, 0.1) is 0 Å². The molecule has 1 aromatic rings. The van der Waals surface area contributed by atoms with E-state index in [-0.39, 0.29) is 0 Å². The van der Waals surface area contributed by atoms with E-state index in [0.29, 0.717) is 10.6 Å². The van der Waals surface area contributed by atoms with Crippen LogP contribution >= 0.6 is 11.6 Å². The van der Waals surface area contributed by atoms with Gasteiger partial charge in [0.1, 0.15) is 5.60 Å². The van der Waals surface area contributed by atoms with E-state index in [1.54, 1.807) is 45.0 Å². The summed E-state index contributed by atoms with van der Waals surface area (Å²) in [5.74, 6) is -1.15. The Morgan fingerprint density at radius 2 is 1.62 bits per heavy atom. The van der Waals surface area contributed by atoms with E-state index >= 15 is 0 Å². The molecule has 0 saturated carbocycles. The number of rotatable bonds is 3. The number of amides is 1. The van der Waals surface area contributed by atoms with Crippen molar-refractivity contribution in [1.82, 2.24) is 4.90 Å². The molecular weight excluding hydrogens is 294 g/mol. The number of carbonyl (C=O) groups excluding carboxylic acids is 1. The van der Waals surface area contributed by atoms with Gasteiger partial charge in [-0.3, -0.25) is 4.90 Å². The third kappa shape index (κ3) is 3.88. The van der Waals surface area contributed by atoms with E-state index in [1.165, 1.54) is 14.0 Å². The Morgan fingerprint density at radius 1 is 1.14 bits per heavy atom. The number of ether oxygens (including phenoxy) is 1. The third-order valence-corrected chi connectivity index (χ3v) is 3.41. The molecule has 6 heteroatoms. The Kier molecular flexibility index (Phi) is 4.89. The molecule has 1 N–H and O–H groups in total. The predicted molar refractivity (Wildman–Crippen MR) is 80.4 cm³/mol. The van der Waals surface area contributed by atoms with Crippen LogP contribution in [0.2, 0.25) is 5.02 Å². The lowest BCUT2D eigenvalue weighted by Gasteiger charge is -2.36. The van der Waals surface area contributed by atoms with Crippen LogP contribution in [0.3, 0.4) is 0 Å². The highest BCUT2D eigenvalue weighted by Crippen LogP contribution is 2.30. The van der Waals surface area contributed by atoms with Crippen molar-refractivity contribution in [3.63, 3.8) is 0 Å². The second kappa shape index (κ2) is 5.93. The van der Waals surface area contributed by atoms with Gasteiger partial charge in [0.25, 0.3) is 0 Å². The average Bonchev–Trinajstić information content (AvgIpc) is 2.35. The number of carbonyl (C=O) groups is 2. The molecule has 0 aromatic heterocycles. The summed E-state index contributed by atoms with van der Waals surface area (Å²) in [6.07, 6.45) is -0.706. The Hall–Kier alpha value is -1.75. The molecule has 0 heterocycles. The topological polar surface area (TPSA) is 66.8 Å². The first kappa shape index (κ1) is 17.3. The van der Waals surface area contributed by atoms with Crippen molar-refractivity contribution >= 4 is 23.7 Å². The fraction of sp³-hybridized carbons (Fsp3) is 0.467. The zero-order valence-electron chi connectivity index (χ0n) is 12.8. The van der Waals surface area contributed by atoms with Crippen LogP contribution in [0, 0.1) is 0 Å². The molecule has 1 aromatic carbocycles. The molecule has 1 atom stereocenters. The van der Waals surface area contributed by atoms with Crippen LogP contribution in [-0.2, 0) is 15.1 Å². The fourth-order valence-corrected chi connectivity index (χ4v) is 1.87. The minimum absolute atomic E-state index is 0.438. The fourth-order valence-electron chi connectivity index (χ4n) is 1.75. The second-order valence-electron chi connectivity index (χ2n) is 5.92. The van der Waals surface area contributed by atoms with Crippen LogP contribution in [-0.4, -0.2) is 34.7 Å². The minimum Gasteiger partial charge on any atom is -0.479 e. The van der Waals surface area contributed by atoms with E-state index in [4.69, 9.17) is 16.3 Å². The molecular formula is C15H20ClNO4. The van der Waals surface area contributed by atoms with Crippen molar-refractivity contribution in [3.8, 4) is 0 Å². The lowest BCUT2D eigenvalue weighted by molar-refractivity contribution is -0.150. The first-order valence-corrected chi connectivity index (χ1v) is 6.82. The van der Waals surface area contributed by atoms with E-state index in [9.17, 15) is 14.7 Å². The number of benzene rings is 1. The molecule has 0 aliphatic carbocycles. The third-order valence-electron chi connectivity index (χ3n) is 3.16. The van der Waals surface area contributed by atoms with E-state index < -0.39 is 23.2 Å². The summed E-state index contributed by atoms with van der Waals surface area (Å²) < 4.78 is 5.24. The normalized spacial score (nSPS) is 14.2. The zero-order valence-corrected chi connectivity index (χ0v) is 13.6. The number of carboxylic acids is 1. The summed E-state index contributed by atoms with van der Waals surface area (Å²) in [6, 6.07) is 6.33. The van der Waals surface area contributed by atoms with Crippen LogP contribution < -0.4 is 0 Å². The predicted octanol–water partition coefficient (Wildman–Crippen LogP) is 3.51.